The summed E-state index contributed by atoms with van der Waals surface area (Å²) in [6, 6.07) is 1.57. The maximum absolute atomic E-state index is 12.9. The van der Waals surface area contributed by atoms with Gasteiger partial charge in [0.2, 0.25) is 10.0 Å². The van der Waals surface area contributed by atoms with Crippen LogP contribution in [0.1, 0.15) is 37.4 Å². The van der Waals surface area contributed by atoms with E-state index in [1.807, 2.05) is 27.7 Å². The van der Waals surface area contributed by atoms with Gasteiger partial charge in [-0.25, -0.2) is 8.42 Å². The van der Waals surface area contributed by atoms with Gasteiger partial charge in [0.05, 0.1) is 22.7 Å². The second kappa shape index (κ2) is 5.31. The SMILES string of the molecule is Cc1sc(CO)cc1S(=O)(=O)N1CC(C)(C)OC(C)(C)C1. The summed E-state index contributed by atoms with van der Waals surface area (Å²) in [5.41, 5.74) is -1.06. The van der Waals surface area contributed by atoms with Crippen LogP contribution in [0.15, 0.2) is 11.0 Å². The number of aryl methyl sites for hydroxylation is 1. The first kappa shape index (κ1) is 16.9. The normalized spacial score (nSPS) is 22.4. The van der Waals surface area contributed by atoms with Crippen LogP contribution in [0.2, 0.25) is 0 Å². The molecule has 0 bridgehead atoms. The van der Waals surface area contributed by atoms with E-state index in [1.165, 1.54) is 15.6 Å². The molecule has 2 rings (SSSR count). The van der Waals surface area contributed by atoms with E-state index >= 15 is 0 Å². The van der Waals surface area contributed by atoms with E-state index in [0.717, 1.165) is 0 Å². The molecule has 2 heterocycles. The molecule has 1 N–H and O–H groups in total. The number of thiophene rings is 1. The van der Waals surface area contributed by atoms with Gasteiger partial charge < -0.3 is 9.84 Å². The summed E-state index contributed by atoms with van der Waals surface area (Å²) in [5, 5.41) is 9.20. The zero-order chi connectivity index (χ0) is 16.1. The van der Waals surface area contributed by atoms with Crippen LogP contribution in [0.4, 0.5) is 0 Å². The number of hydrogen-bond acceptors (Lipinski definition) is 5. The molecule has 0 atom stereocenters. The first-order valence-corrected chi connectivity index (χ1v) is 9.13. The number of sulfonamides is 1. The third kappa shape index (κ3) is 3.48. The van der Waals surface area contributed by atoms with Crippen molar-refractivity contribution in [3.63, 3.8) is 0 Å². The van der Waals surface area contributed by atoms with Crippen molar-refractivity contribution in [3.8, 4) is 0 Å². The Morgan fingerprint density at radius 2 is 1.81 bits per heavy atom. The van der Waals surface area contributed by atoms with E-state index in [-0.39, 0.29) is 6.61 Å². The van der Waals surface area contributed by atoms with Gasteiger partial charge in [-0.05, 0) is 40.7 Å². The van der Waals surface area contributed by atoms with Crippen molar-refractivity contribution in [3.05, 3.63) is 15.8 Å². The Morgan fingerprint density at radius 1 is 1.29 bits per heavy atom. The summed E-state index contributed by atoms with van der Waals surface area (Å²) >= 11 is 1.32. The molecule has 0 aliphatic carbocycles. The first-order chi connectivity index (χ1) is 9.47. The molecule has 1 aromatic heterocycles. The van der Waals surface area contributed by atoms with E-state index in [0.29, 0.717) is 27.7 Å². The topological polar surface area (TPSA) is 66.8 Å². The third-order valence-corrected chi connectivity index (χ3v) is 6.45. The maximum Gasteiger partial charge on any atom is 0.244 e. The highest BCUT2D eigenvalue weighted by molar-refractivity contribution is 7.89. The van der Waals surface area contributed by atoms with Gasteiger partial charge in [-0.2, -0.15) is 4.31 Å². The molecule has 7 heteroatoms. The van der Waals surface area contributed by atoms with E-state index in [9.17, 15) is 13.5 Å². The lowest BCUT2D eigenvalue weighted by atomic mass is 10.0. The molecule has 0 unspecified atom stereocenters. The molecular formula is C14H23NO4S2. The standard InChI is InChI=1S/C14H23NO4S2/c1-10-12(6-11(7-16)20-10)21(17,18)15-8-13(2,3)19-14(4,5)9-15/h6,16H,7-9H2,1-5H3. The second-order valence-electron chi connectivity index (χ2n) is 6.69. The van der Waals surface area contributed by atoms with Crippen molar-refractivity contribution in [2.45, 2.75) is 57.3 Å². The van der Waals surface area contributed by atoms with Gasteiger partial charge >= 0.3 is 0 Å². The van der Waals surface area contributed by atoms with Crippen molar-refractivity contribution in [2.24, 2.45) is 0 Å². The number of nitrogens with zero attached hydrogens (tertiary/aromatic N) is 1. The molecule has 5 nitrogen and oxygen atoms in total. The number of rotatable bonds is 3. The average Bonchev–Trinajstić information content (AvgIpc) is 2.67. The van der Waals surface area contributed by atoms with Gasteiger partial charge in [-0.15, -0.1) is 11.3 Å². The molecule has 0 saturated carbocycles. The van der Waals surface area contributed by atoms with Crippen molar-refractivity contribution in [1.29, 1.82) is 0 Å². The van der Waals surface area contributed by atoms with E-state index in [1.54, 1.807) is 13.0 Å². The van der Waals surface area contributed by atoms with Crippen LogP contribution in [0, 0.1) is 6.92 Å². The van der Waals surface area contributed by atoms with Crippen LogP contribution in [-0.4, -0.2) is 42.1 Å². The van der Waals surface area contributed by atoms with E-state index < -0.39 is 21.2 Å². The highest BCUT2D eigenvalue weighted by atomic mass is 32.2. The molecule has 0 amide bonds. The Morgan fingerprint density at radius 3 is 2.24 bits per heavy atom. The molecular weight excluding hydrogens is 310 g/mol. The minimum Gasteiger partial charge on any atom is -0.391 e. The molecule has 1 fully saturated rings. The molecule has 1 saturated heterocycles. The lowest BCUT2D eigenvalue weighted by Crippen LogP contribution is -2.58. The Bertz CT molecular complexity index is 615. The number of aliphatic hydroxyl groups excluding tert-OH is 1. The summed E-state index contributed by atoms with van der Waals surface area (Å²) < 4.78 is 33.2. The van der Waals surface area contributed by atoms with Crippen LogP contribution < -0.4 is 0 Å². The van der Waals surface area contributed by atoms with Gasteiger partial charge in [0.1, 0.15) is 0 Å². The second-order valence-corrected chi connectivity index (χ2v) is 9.93. The lowest BCUT2D eigenvalue weighted by molar-refractivity contribution is -0.163. The molecule has 21 heavy (non-hydrogen) atoms. The minimum atomic E-state index is -3.57. The molecule has 0 spiro atoms. The number of morpholine rings is 1. The van der Waals surface area contributed by atoms with Crippen LogP contribution in [0.5, 0.6) is 0 Å². The number of hydrogen-bond donors (Lipinski definition) is 1. The van der Waals surface area contributed by atoms with Crippen molar-refractivity contribution in [2.75, 3.05) is 13.1 Å². The Labute approximate surface area is 130 Å². The summed E-state index contributed by atoms with van der Waals surface area (Å²) in [5.74, 6) is 0. The minimum absolute atomic E-state index is 0.138. The molecule has 1 aromatic rings. The van der Waals surface area contributed by atoms with E-state index in [2.05, 4.69) is 0 Å². The predicted molar refractivity (Wildman–Crippen MR) is 83.0 cm³/mol. The van der Waals surface area contributed by atoms with E-state index in [4.69, 9.17) is 4.74 Å². The largest absolute Gasteiger partial charge is 0.391 e. The quantitative estimate of drug-likeness (QED) is 0.920. The predicted octanol–water partition coefficient (Wildman–Crippen LogP) is 2.13. The highest BCUT2D eigenvalue weighted by Gasteiger charge is 2.43. The fraction of sp³-hybridized carbons (Fsp3) is 0.714. The zero-order valence-corrected chi connectivity index (χ0v) is 14.8. The Hall–Kier alpha value is -0.470. The smallest absolute Gasteiger partial charge is 0.244 e. The summed E-state index contributed by atoms with van der Waals surface area (Å²) in [6.07, 6.45) is 0. The summed E-state index contributed by atoms with van der Waals surface area (Å²) in [7, 11) is -3.57. The number of ether oxygens (including phenoxy) is 1. The van der Waals surface area contributed by atoms with Crippen molar-refractivity contribution >= 4 is 21.4 Å². The molecule has 1 aliphatic rings. The van der Waals surface area contributed by atoms with Crippen molar-refractivity contribution in [1.82, 2.24) is 4.31 Å². The third-order valence-electron chi connectivity index (χ3n) is 3.36. The summed E-state index contributed by atoms with van der Waals surface area (Å²) in [6.45, 7) is 9.87. The Kier molecular flexibility index (Phi) is 4.27. The lowest BCUT2D eigenvalue weighted by Gasteiger charge is -2.46. The highest BCUT2D eigenvalue weighted by Crippen LogP contribution is 2.34. The zero-order valence-electron chi connectivity index (χ0n) is 13.1. The molecule has 0 aromatic carbocycles. The molecule has 120 valence electrons. The monoisotopic (exact) mass is 333 g/mol. The van der Waals surface area contributed by atoms with Gasteiger partial charge in [-0.3, -0.25) is 0 Å². The average molecular weight is 333 g/mol. The molecule has 0 radical (unpaired) electrons. The Balaban J connectivity index is 2.41. The summed E-state index contributed by atoms with van der Waals surface area (Å²) in [4.78, 5) is 1.67. The van der Waals surface area contributed by atoms with Crippen LogP contribution in [0.25, 0.3) is 0 Å². The number of aliphatic hydroxyl groups is 1. The van der Waals surface area contributed by atoms with Gasteiger partial charge in [-0.1, -0.05) is 0 Å². The fourth-order valence-electron chi connectivity index (χ4n) is 2.89. The van der Waals surface area contributed by atoms with Gasteiger partial charge in [0, 0.05) is 22.8 Å². The molecule has 1 aliphatic heterocycles. The van der Waals surface area contributed by atoms with Crippen LogP contribution >= 0.6 is 11.3 Å². The maximum atomic E-state index is 12.9. The van der Waals surface area contributed by atoms with Gasteiger partial charge in [0.25, 0.3) is 0 Å². The first-order valence-electron chi connectivity index (χ1n) is 6.87. The van der Waals surface area contributed by atoms with Crippen molar-refractivity contribution < 1.29 is 18.3 Å². The van der Waals surface area contributed by atoms with Crippen LogP contribution in [-0.2, 0) is 21.4 Å². The fourth-order valence-corrected chi connectivity index (χ4v) is 6.09. The van der Waals surface area contributed by atoms with Crippen LogP contribution in [0.3, 0.4) is 0 Å². The van der Waals surface area contributed by atoms with Gasteiger partial charge in [0.15, 0.2) is 0 Å².